The molecule has 0 aromatic heterocycles. The number of ketones is 1. The van der Waals surface area contributed by atoms with Crippen molar-refractivity contribution in [3.05, 3.63) is 29.3 Å². The second-order valence-corrected chi connectivity index (χ2v) is 4.87. The van der Waals surface area contributed by atoms with Gasteiger partial charge in [-0.1, -0.05) is 18.9 Å². The molecule has 0 heterocycles. The molecular weight excluding hydrogens is 268 g/mol. The highest BCUT2D eigenvalue weighted by Gasteiger charge is 2.16. The van der Waals surface area contributed by atoms with Gasteiger partial charge in [0.2, 0.25) is 5.75 Å². The Hall–Kier alpha value is -1.97. The van der Waals surface area contributed by atoms with Crippen LogP contribution >= 0.6 is 0 Å². The van der Waals surface area contributed by atoms with Crippen molar-refractivity contribution in [2.75, 3.05) is 21.3 Å². The predicted molar refractivity (Wildman–Crippen MR) is 83.7 cm³/mol. The Kier molecular flexibility index (Phi) is 6.79. The lowest BCUT2D eigenvalue weighted by Crippen LogP contribution is -2.01. The minimum Gasteiger partial charge on any atom is -0.493 e. The fraction of sp³-hybridized carbons (Fsp3) is 0.471. The van der Waals surface area contributed by atoms with Gasteiger partial charge in [0.15, 0.2) is 17.3 Å². The molecule has 0 unspecified atom stereocenters. The van der Waals surface area contributed by atoms with E-state index in [0.717, 1.165) is 24.8 Å². The van der Waals surface area contributed by atoms with Gasteiger partial charge < -0.3 is 14.2 Å². The largest absolute Gasteiger partial charge is 0.493 e. The lowest BCUT2D eigenvalue weighted by atomic mass is 10.0. The zero-order chi connectivity index (χ0) is 15.8. The van der Waals surface area contributed by atoms with E-state index in [1.807, 2.05) is 6.92 Å². The molecule has 0 atom stereocenters. The third-order valence-corrected chi connectivity index (χ3v) is 3.25. The molecule has 1 aromatic rings. The monoisotopic (exact) mass is 292 g/mol. The summed E-state index contributed by atoms with van der Waals surface area (Å²) in [6.45, 7) is 4.11. The van der Waals surface area contributed by atoms with Gasteiger partial charge in [0.1, 0.15) is 0 Å². The number of allylic oxidation sites excluding steroid dienone is 2. The highest BCUT2D eigenvalue weighted by Crippen LogP contribution is 2.38. The van der Waals surface area contributed by atoms with Gasteiger partial charge >= 0.3 is 0 Å². The number of ether oxygens (including phenoxy) is 3. The number of rotatable bonds is 8. The molecule has 0 radical (unpaired) electrons. The number of benzene rings is 1. The molecule has 21 heavy (non-hydrogen) atoms. The molecule has 0 aliphatic rings. The quantitative estimate of drug-likeness (QED) is 0.536. The average Bonchev–Trinajstić information content (AvgIpc) is 2.51. The Morgan fingerprint density at radius 3 is 2.10 bits per heavy atom. The van der Waals surface area contributed by atoms with E-state index >= 15 is 0 Å². The molecule has 0 aliphatic heterocycles. The van der Waals surface area contributed by atoms with Crippen LogP contribution in [0.4, 0.5) is 0 Å². The molecule has 0 fully saturated rings. The van der Waals surface area contributed by atoms with Gasteiger partial charge in [-0.05, 0) is 38.0 Å². The molecule has 116 valence electrons. The number of hydrogen-bond donors (Lipinski definition) is 0. The average molecular weight is 292 g/mol. The topological polar surface area (TPSA) is 44.8 Å². The first-order valence-electron chi connectivity index (χ1n) is 7.08. The molecule has 1 rings (SSSR count). The summed E-state index contributed by atoms with van der Waals surface area (Å²) in [5.74, 6) is 1.41. The van der Waals surface area contributed by atoms with E-state index < -0.39 is 0 Å². The van der Waals surface area contributed by atoms with E-state index in [9.17, 15) is 4.79 Å². The third-order valence-electron chi connectivity index (χ3n) is 3.25. The molecule has 0 aliphatic carbocycles. The second-order valence-electron chi connectivity index (χ2n) is 4.87. The fourth-order valence-corrected chi connectivity index (χ4v) is 2.06. The lowest BCUT2D eigenvalue weighted by molar-refractivity contribution is 0.104. The molecule has 4 nitrogen and oxygen atoms in total. The third kappa shape index (κ3) is 4.52. The van der Waals surface area contributed by atoms with Gasteiger partial charge in [0.25, 0.3) is 0 Å². The molecule has 4 heteroatoms. The first-order valence-corrected chi connectivity index (χ1v) is 7.08. The lowest BCUT2D eigenvalue weighted by Gasteiger charge is -2.13. The van der Waals surface area contributed by atoms with Crippen LogP contribution in [0.1, 0.15) is 43.5 Å². The zero-order valence-corrected chi connectivity index (χ0v) is 13.5. The summed E-state index contributed by atoms with van der Waals surface area (Å²) >= 11 is 0. The van der Waals surface area contributed by atoms with Crippen molar-refractivity contribution >= 4 is 5.78 Å². The summed E-state index contributed by atoms with van der Waals surface area (Å²) in [4.78, 5) is 12.3. The van der Waals surface area contributed by atoms with E-state index in [1.54, 1.807) is 18.2 Å². The number of methoxy groups -OCH3 is 3. The molecule has 1 aromatic carbocycles. The maximum atomic E-state index is 12.3. The van der Waals surface area contributed by atoms with Gasteiger partial charge in [-0.15, -0.1) is 0 Å². The normalized spacial score (nSPS) is 11.2. The molecule has 0 bridgehead atoms. The number of carbonyl (C=O) groups is 1. The minimum atomic E-state index is -0.0529. The summed E-state index contributed by atoms with van der Waals surface area (Å²) in [5, 5.41) is 0. The molecular formula is C17H24O4. The SMILES string of the molecule is CCCCC(C)=CC(=O)c1cc(OC)c(OC)c(OC)c1. The van der Waals surface area contributed by atoms with Crippen molar-refractivity contribution in [3.63, 3.8) is 0 Å². The van der Waals surface area contributed by atoms with Crippen LogP contribution in [-0.4, -0.2) is 27.1 Å². The van der Waals surface area contributed by atoms with Crippen molar-refractivity contribution in [1.82, 2.24) is 0 Å². The van der Waals surface area contributed by atoms with Crippen molar-refractivity contribution in [3.8, 4) is 17.2 Å². The Morgan fingerprint density at radius 2 is 1.67 bits per heavy atom. The maximum Gasteiger partial charge on any atom is 0.203 e. The minimum absolute atomic E-state index is 0.0529. The molecule has 0 saturated carbocycles. The Bertz CT molecular complexity index is 493. The fourth-order valence-electron chi connectivity index (χ4n) is 2.06. The van der Waals surface area contributed by atoms with Crippen molar-refractivity contribution in [2.24, 2.45) is 0 Å². The van der Waals surface area contributed by atoms with Crippen LogP contribution < -0.4 is 14.2 Å². The Labute approximate surface area is 126 Å². The van der Waals surface area contributed by atoms with Crippen LogP contribution in [0.25, 0.3) is 0 Å². The van der Waals surface area contributed by atoms with Gasteiger partial charge in [-0.2, -0.15) is 0 Å². The summed E-state index contributed by atoms with van der Waals surface area (Å²) in [6, 6.07) is 3.35. The van der Waals surface area contributed by atoms with Crippen molar-refractivity contribution in [1.29, 1.82) is 0 Å². The molecule has 0 amide bonds. The summed E-state index contributed by atoms with van der Waals surface area (Å²) in [5.41, 5.74) is 1.61. The van der Waals surface area contributed by atoms with Crippen LogP contribution in [0.3, 0.4) is 0 Å². The summed E-state index contributed by atoms with van der Waals surface area (Å²) in [6.07, 6.45) is 4.82. The molecule has 0 spiro atoms. The zero-order valence-electron chi connectivity index (χ0n) is 13.5. The van der Waals surface area contributed by atoms with E-state index in [-0.39, 0.29) is 5.78 Å². The van der Waals surface area contributed by atoms with E-state index in [4.69, 9.17) is 14.2 Å². The van der Waals surface area contributed by atoms with Crippen LogP contribution in [0.5, 0.6) is 17.2 Å². The van der Waals surface area contributed by atoms with Gasteiger partial charge in [0, 0.05) is 5.56 Å². The van der Waals surface area contributed by atoms with Crippen LogP contribution in [-0.2, 0) is 0 Å². The summed E-state index contributed by atoms with van der Waals surface area (Å²) < 4.78 is 15.8. The first kappa shape index (κ1) is 17.1. The van der Waals surface area contributed by atoms with E-state index in [0.29, 0.717) is 22.8 Å². The summed E-state index contributed by atoms with van der Waals surface area (Å²) in [7, 11) is 4.61. The van der Waals surface area contributed by atoms with Crippen molar-refractivity contribution in [2.45, 2.75) is 33.1 Å². The number of hydrogen-bond acceptors (Lipinski definition) is 4. The first-order chi connectivity index (χ1) is 10.1. The number of unbranched alkanes of at least 4 members (excludes halogenated alkanes) is 1. The Morgan fingerprint density at radius 1 is 1.10 bits per heavy atom. The number of carbonyl (C=O) groups excluding carboxylic acids is 1. The smallest absolute Gasteiger partial charge is 0.203 e. The highest BCUT2D eigenvalue weighted by atomic mass is 16.5. The van der Waals surface area contributed by atoms with E-state index in [1.165, 1.54) is 21.3 Å². The predicted octanol–water partition coefficient (Wildman–Crippen LogP) is 4.03. The molecule has 0 saturated heterocycles. The van der Waals surface area contributed by atoms with E-state index in [2.05, 4.69) is 6.92 Å². The van der Waals surface area contributed by atoms with Crippen molar-refractivity contribution < 1.29 is 19.0 Å². The van der Waals surface area contributed by atoms with Gasteiger partial charge in [-0.25, -0.2) is 0 Å². The van der Waals surface area contributed by atoms with Crippen LogP contribution in [0, 0.1) is 0 Å². The van der Waals surface area contributed by atoms with Gasteiger partial charge in [0.05, 0.1) is 21.3 Å². The Balaban J connectivity index is 3.10. The second kappa shape index (κ2) is 8.35. The van der Waals surface area contributed by atoms with Crippen LogP contribution in [0.15, 0.2) is 23.8 Å². The van der Waals surface area contributed by atoms with Crippen LogP contribution in [0.2, 0.25) is 0 Å². The maximum absolute atomic E-state index is 12.3. The standard InChI is InChI=1S/C17H24O4/c1-6-7-8-12(2)9-14(18)13-10-15(19-3)17(21-5)16(11-13)20-4/h9-11H,6-8H2,1-5H3. The highest BCUT2D eigenvalue weighted by molar-refractivity contribution is 6.05. The molecule has 0 N–H and O–H groups in total. The van der Waals surface area contributed by atoms with Gasteiger partial charge in [-0.3, -0.25) is 4.79 Å².